The number of pyridine rings is 1. The van der Waals surface area contributed by atoms with Crippen LogP contribution in [0.25, 0.3) is 0 Å². The molecule has 2 heterocycles. The Morgan fingerprint density at radius 2 is 2.19 bits per heavy atom. The molecular formula is C17H29N3O. The Bertz CT molecular complexity index is 485. The second-order valence-corrected chi connectivity index (χ2v) is 7.09. The normalized spacial score (nSPS) is 21.9. The molecule has 1 aromatic rings. The first kappa shape index (κ1) is 16.2. The van der Waals surface area contributed by atoms with E-state index >= 15 is 0 Å². The fourth-order valence-corrected chi connectivity index (χ4v) is 2.99. The van der Waals surface area contributed by atoms with E-state index in [1.807, 2.05) is 6.20 Å². The van der Waals surface area contributed by atoms with Gasteiger partial charge in [-0.2, -0.15) is 0 Å². The van der Waals surface area contributed by atoms with Crippen molar-refractivity contribution in [3.05, 3.63) is 23.4 Å². The van der Waals surface area contributed by atoms with Crippen molar-refractivity contribution in [2.45, 2.75) is 65.8 Å². The highest BCUT2D eigenvalue weighted by Gasteiger charge is 2.32. The number of ether oxygens (including phenoxy) is 1. The molecule has 0 radical (unpaired) electrons. The highest BCUT2D eigenvalue weighted by molar-refractivity contribution is 5.48. The van der Waals surface area contributed by atoms with E-state index in [0.717, 1.165) is 25.5 Å². The Kier molecular flexibility index (Phi) is 4.89. The van der Waals surface area contributed by atoms with Crippen LogP contribution in [-0.2, 0) is 11.3 Å². The molecule has 1 aromatic heterocycles. The molecule has 1 atom stereocenters. The fraction of sp³-hybridized carbons (Fsp3) is 0.706. The van der Waals surface area contributed by atoms with Gasteiger partial charge in [-0.25, -0.2) is 4.98 Å². The molecule has 0 aromatic carbocycles. The molecule has 2 rings (SSSR count). The van der Waals surface area contributed by atoms with Crippen LogP contribution in [0.2, 0.25) is 0 Å². The smallest absolute Gasteiger partial charge is 0.131 e. The van der Waals surface area contributed by atoms with Gasteiger partial charge in [-0.3, -0.25) is 0 Å². The SMILES string of the molecule is Cc1cc(CNC(C)C)cnc1N1CC(C)OC(C)(C)C1. The number of aryl methyl sites for hydroxylation is 1. The Labute approximate surface area is 128 Å². The summed E-state index contributed by atoms with van der Waals surface area (Å²) in [5, 5.41) is 3.43. The summed E-state index contributed by atoms with van der Waals surface area (Å²) in [6, 6.07) is 2.73. The quantitative estimate of drug-likeness (QED) is 0.925. The number of hydrogen-bond acceptors (Lipinski definition) is 4. The second-order valence-electron chi connectivity index (χ2n) is 7.09. The third kappa shape index (κ3) is 4.42. The zero-order valence-corrected chi connectivity index (χ0v) is 14.2. The van der Waals surface area contributed by atoms with Crippen LogP contribution in [0, 0.1) is 6.92 Å². The van der Waals surface area contributed by atoms with Gasteiger partial charge >= 0.3 is 0 Å². The largest absolute Gasteiger partial charge is 0.369 e. The molecule has 0 aliphatic carbocycles. The van der Waals surface area contributed by atoms with Crippen molar-refractivity contribution in [1.29, 1.82) is 0 Å². The van der Waals surface area contributed by atoms with Crippen LogP contribution in [0.3, 0.4) is 0 Å². The minimum Gasteiger partial charge on any atom is -0.369 e. The van der Waals surface area contributed by atoms with Gasteiger partial charge < -0.3 is 15.0 Å². The van der Waals surface area contributed by atoms with Gasteiger partial charge in [0.05, 0.1) is 11.7 Å². The highest BCUT2D eigenvalue weighted by atomic mass is 16.5. The van der Waals surface area contributed by atoms with Crippen LogP contribution in [0.4, 0.5) is 5.82 Å². The predicted octanol–water partition coefficient (Wildman–Crippen LogP) is 2.89. The molecule has 0 saturated carbocycles. The van der Waals surface area contributed by atoms with E-state index < -0.39 is 0 Å². The van der Waals surface area contributed by atoms with Crippen molar-refractivity contribution in [2.75, 3.05) is 18.0 Å². The second kappa shape index (κ2) is 6.32. The molecule has 0 amide bonds. The molecule has 1 aliphatic heterocycles. The van der Waals surface area contributed by atoms with E-state index in [-0.39, 0.29) is 11.7 Å². The lowest BCUT2D eigenvalue weighted by molar-refractivity contribution is -0.0751. The van der Waals surface area contributed by atoms with Crippen molar-refractivity contribution < 1.29 is 4.74 Å². The summed E-state index contributed by atoms with van der Waals surface area (Å²) in [6.45, 7) is 15.5. The molecule has 1 N–H and O–H groups in total. The zero-order chi connectivity index (χ0) is 15.6. The lowest BCUT2D eigenvalue weighted by Gasteiger charge is -2.42. The molecule has 0 bridgehead atoms. The predicted molar refractivity (Wildman–Crippen MR) is 87.8 cm³/mol. The van der Waals surface area contributed by atoms with E-state index in [1.165, 1.54) is 11.1 Å². The number of rotatable bonds is 4. The summed E-state index contributed by atoms with van der Waals surface area (Å²) in [5.74, 6) is 1.09. The molecule has 1 saturated heterocycles. The maximum atomic E-state index is 5.97. The minimum atomic E-state index is -0.121. The third-order valence-electron chi connectivity index (χ3n) is 3.69. The van der Waals surface area contributed by atoms with Gasteiger partial charge in [-0.05, 0) is 44.9 Å². The Balaban J connectivity index is 2.13. The molecule has 1 unspecified atom stereocenters. The van der Waals surface area contributed by atoms with Gasteiger partial charge in [0.15, 0.2) is 0 Å². The maximum absolute atomic E-state index is 5.97. The zero-order valence-electron chi connectivity index (χ0n) is 14.2. The summed E-state index contributed by atoms with van der Waals surface area (Å²) < 4.78 is 5.97. The fourth-order valence-electron chi connectivity index (χ4n) is 2.99. The molecule has 4 nitrogen and oxygen atoms in total. The topological polar surface area (TPSA) is 37.4 Å². The van der Waals surface area contributed by atoms with Crippen molar-refractivity contribution >= 4 is 5.82 Å². The van der Waals surface area contributed by atoms with Gasteiger partial charge in [-0.1, -0.05) is 13.8 Å². The van der Waals surface area contributed by atoms with Gasteiger partial charge in [0.2, 0.25) is 0 Å². The van der Waals surface area contributed by atoms with Crippen LogP contribution in [0.15, 0.2) is 12.3 Å². The summed E-state index contributed by atoms with van der Waals surface area (Å²) in [5.41, 5.74) is 2.36. The third-order valence-corrected chi connectivity index (χ3v) is 3.69. The van der Waals surface area contributed by atoms with Gasteiger partial charge in [0, 0.05) is 31.9 Å². The average molecular weight is 291 g/mol. The molecule has 4 heteroatoms. The van der Waals surface area contributed by atoms with E-state index in [0.29, 0.717) is 6.04 Å². The molecule has 1 fully saturated rings. The van der Waals surface area contributed by atoms with Crippen molar-refractivity contribution in [1.82, 2.24) is 10.3 Å². The van der Waals surface area contributed by atoms with Crippen molar-refractivity contribution in [2.24, 2.45) is 0 Å². The lowest BCUT2D eigenvalue weighted by Crippen LogP contribution is -2.52. The summed E-state index contributed by atoms with van der Waals surface area (Å²) in [7, 11) is 0. The molecule has 1 aliphatic rings. The van der Waals surface area contributed by atoms with Crippen molar-refractivity contribution in [3.63, 3.8) is 0 Å². The number of aromatic nitrogens is 1. The average Bonchev–Trinajstić information content (AvgIpc) is 2.33. The minimum absolute atomic E-state index is 0.121. The summed E-state index contributed by atoms with van der Waals surface area (Å²) >= 11 is 0. The standard InChI is InChI=1S/C17H29N3O/c1-12(2)18-8-15-7-13(3)16(19-9-15)20-10-14(4)21-17(5,6)11-20/h7,9,12,14,18H,8,10-11H2,1-6H3. The van der Waals surface area contributed by atoms with Gasteiger partial charge in [-0.15, -0.1) is 0 Å². The number of morpholine rings is 1. The number of anilines is 1. The first-order valence-corrected chi connectivity index (χ1v) is 7.88. The van der Waals surface area contributed by atoms with Crippen LogP contribution in [0.5, 0.6) is 0 Å². The van der Waals surface area contributed by atoms with E-state index in [4.69, 9.17) is 9.72 Å². The van der Waals surface area contributed by atoms with Crippen molar-refractivity contribution in [3.8, 4) is 0 Å². The Morgan fingerprint density at radius 1 is 1.48 bits per heavy atom. The first-order chi connectivity index (χ1) is 9.77. The molecule has 21 heavy (non-hydrogen) atoms. The Morgan fingerprint density at radius 3 is 2.76 bits per heavy atom. The number of nitrogens with zero attached hydrogens (tertiary/aromatic N) is 2. The van der Waals surface area contributed by atoms with Gasteiger partial charge in [0.25, 0.3) is 0 Å². The van der Waals surface area contributed by atoms with E-state index in [9.17, 15) is 0 Å². The van der Waals surface area contributed by atoms with Gasteiger partial charge in [0.1, 0.15) is 5.82 Å². The number of hydrogen-bond donors (Lipinski definition) is 1. The molecule has 0 spiro atoms. The monoisotopic (exact) mass is 291 g/mol. The highest BCUT2D eigenvalue weighted by Crippen LogP contribution is 2.27. The Hall–Kier alpha value is -1.13. The molecular weight excluding hydrogens is 262 g/mol. The van der Waals surface area contributed by atoms with E-state index in [1.54, 1.807) is 0 Å². The van der Waals surface area contributed by atoms with Crippen LogP contribution in [-0.4, -0.2) is 35.8 Å². The number of nitrogens with one attached hydrogen (secondary N) is 1. The summed E-state index contributed by atoms with van der Waals surface area (Å²) in [4.78, 5) is 7.06. The van der Waals surface area contributed by atoms with Crippen LogP contribution >= 0.6 is 0 Å². The maximum Gasteiger partial charge on any atom is 0.131 e. The summed E-state index contributed by atoms with van der Waals surface area (Å²) in [6.07, 6.45) is 2.22. The van der Waals surface area contributed by atoms with Crippen LogP contribution < -0.4 is 10.2 Å². The first-order valence-electron chi connectivity index (χ1n) is 7.88. The molecule has 118 valence electrons. The van der Waals surface area contributed by atoms with E-state index in [2.05, 4.69) is 57.8 Å². The lowest BCUT2D eigenvalue weighted by atomic mass is 10.0. The van der Waals surface area contributed by atoms with Crippen LogP contribution in [0.1, 0.15) is 45.7 Å².